The van der Waals surface area contributed by atoms with Gasteiger partial charge in [0.05, 0.1) is 6.30 Å². The van der Waals surface area contributed by atoms with Gasteiger partial charge in [-0.15, -0.1) is 11.8 Å². The first-order valence-corrected chi connectivity index (χ1v) is 6.82. The molecule has 0 unspecified atom stereocenters. The number of hydrogen-bond donors (Lipinski definition) is 2. The van der Waals surface area contributed by atoms with Crippen LogP contribution in [0, 0.1) is 0 Å². The summed E-state index contributed by atoms with van der Waals surface area (Å²) < 4.78 is 7.25. The van der Waals surface area contributed by atoms with E-state index < -0.39 is 0 Å². The topological polar surface area (TPSA) is 71.8 Å². The zero-order chi connectivity index (χ0) is 13.1. The van der Waals surface area contributed by atoms with Crippen LogP contribution < -0.4 is 11.3 Å². The Morgan fingerprint density at radius 3 is 2.59 bits per heavy atom. The second-order valence-electron chi connectivity index (χ2n) is 3.17. The van der Waals surface area contributed by atoms with Crippen LogP contribution in [0.3, 0.4) is 0 Å². The minimum Gasteiger partial charge on any atom is -0.383 e. The fraction of sp³-hybridized carbons (Fsp3) is 0.0909. The van der Waals surface area contributed by atoms with Gasteiger partial charge in [0.1, 0.15) is 12.1 Å². The number of H-pyrrole nitrogens is 1. The third kappa shape index (κ3) is 2.83. The minimum atomic E-state index is -0.383. The number of nitrogen functional groups attached to an aromatic ring is 1. The Bertz CT molecular complexity index is 613. The molecule has 0 aliphatic rings. The lowest BCUT2D eigenvalue weighted by molar-refractivity contribution is 1.05. The van der Waals surface area contributed by atoms with E-state index in [0.29, 0.717) is 4.90 Å². The molecule has 0 radical (unpaired) electrons. The van der Waals surface area contributed by atoms with Crippen LogP contribution in [0.1, 0.15) is 1.37 Å². The molecule has 6 heteroatoms. The summed E-state index contributed by atoms with van der Waals surface area (Å²) in [6.45, 7) is 0. The predicted octanol–water partition coefficient (Wildman–Crippen LogP) is 2.23. The zero-order valence-corrected chi connectivity index (χ0v) is 10.7. The van der Waals surface area contributed by atoms with E-state index in [2.05, 4.69) is 9.97 Å². The number of nitrogens with zero attached hydrogens (tertiary/aromatic N) is 1. The van der Waals surface area contributed by atoms with Crippen LogP contribution in [0.4, 0.5) is 5.82 Å². The molecule has 0 atom stereocenters. The van der Waals surface area contributed by atoms with Crippen LogP contribution >= 0.6 is 23.5 Å². The van der Waals surface area contributed by atoms with Crippen molar-refractivity contribution in [2.45, 2.75) is 14.7 Å². The van der Waals surface area contributed by atoms with E-state index in [1.165, 1.54) is 11.8 Å². The number of nitrogens with two attached hydrogens (primary N) is 1. The summed E-state index contributed by atoms with van der Waals surface area (Å²) in [5.41, 5.74) is 5.27. The molecule has 2 rings (SSSR count). The van der Waals surface area contributed by atoms with E-state index in [1.54, 1.807) is 11.8 Å². The van der Waals surface area contributed by atoms with Gasteiger partial charge in [-0.25, -0.2) is 4.98 Å². The van der Waals surface area contributed by atoms with Gasteiger partial charge in [0, 0.05) is 9.79 Å². The smallest absolute Gasteiger partial charge is 0.266 e. The van der Waals surface area contributed by atoms with Crippen molar-refractivity contribution in [3.8, 4) is 0 Å². The predicted molar refractivity (Wildman–Crippen MR) is 71.6 cm³/mol. The number of hydrogen-bond acceptors (Lipinski definition) is 5. The van der Waals surface area contributed by atoms with Crippen molar-refractivity contribution < 1.29 is 1.37 Å². The van der Waals surface area contributed by atoms with Crippen molar-refractivity contribution in [2.24, 2.45) is 0 Å². The first-order valence-electron chi connectivity index (χ1n) is 5.28. The number of benzene rings is 1. The van der Waals surface area contributed by atoms with Gasteiger partial charge in [0.25, 0.3) is 5.56 Å². The Kier molecular flexibility index (Phi) is 3.34. The lowest BCUT2D eigenvalue weighted by Gasteiger charge is -2.03. The third-order valence-corrected chi connectivity index (χ3v) is 3.91. The molecule has 0 bridgehead atoms. The lowest BCUT2D eigenvalue weighted by atomic mass is 10.4. The Balaban J connectivity index is 2.31. The Morgan fingerprint density at radius 1 is 1.35 bits per heavy atom. The summed E-state index contributed by atoms with van der Waals surface area (Å²) in [4.78, 5) is 20.1. The molecule has 0 aliphatic heterocycles. The highest BCUT2D eigenvalue weighted by atomic mass is 32.2. The van der Waals surface area contributed by atoms with Crippen molar-refractivity contribution in [2.75, 3.05) is 12.0 Å². The third-order valence-electron chi connectivity index (χ3n) is 2.06. The molecule has 1 heterocycles. The highest BCUT2D eigenvalue weighted by Crippen LogP contribution is 2.29. The molecule has 0 amide bonds. The number of aromatic nitrogens is 2. The molecule has 0 spiro atoms. The van der Waals surface area contributed by atoms with Gasteiger partial charge in [0.15, 0.2) is 0 Å². The van der Waals surface area contributed by atoms with E-state index in [0.717, 1.165) is 9.79 Å². The van der Waals surface area contributed by atoms with Crippen LogP contribution in [0.2, 0.25) is 0 Å². The summed E-state index contributed by atoms with van der Waals surface area (Å²) in [5.74, 6) is 0.0858. The molecule has 4 nitrogen and oxygen atoms in total. The first kappa shape index (κ1) is 10.7. The molecule has 2 aromatic rings. The quantitative estimate of drug-likeness (QED) is 0.833. The number of nitrogens with one attached hydrogen (secondary N) is 1. The van der Waals surface area contributed by atoms with Crippen molar-refractivity contribution in [1.82, 2.24) is 9.97 Å². The van der Waals surface area contributed by atoms with Crippen LogP contribution in [0.15, 0.2) is 50.0 Å². The number of rotatable bonds is 3. The maximum Gasteiger partial charge on any atom is 0.266 e. The van der Waals surface area contributed by atoms with Crippen molar-refractivity contribution in [3.05, 3.63) is 40.9 Å². The molecule has 0 fully saturated rings. The molecule has 1 aromatic carbocycles. The van der Waals surface area contributed by atoms with Crippen molar-refractivity contribution >= 4 is 29.3 Å². The molecule has 0 saturated heterocycles. The van der Waals surface area contributed by atoms with Crippen molar-refractivity contribution in [1.29, 1.82) is 0 Å². The monoisotopic (exact) mass is 266 g/mol. The van der Waals surface area contributed by atoms with Gasteiger partial charge in [-0.2, -0.15) is 0 Å². The van der Waals surface area contributed by atoms with Gasteiger partial charge in [0.2, 0.25) is 0 Å². The summed E-state index contributed by atoms with van der Waals surface area (Å²) in [6.07, 6.45) is 1.78. The Hall–Kier alpha value is -1.40. The van der Waals surface area contributed by atoms with Gasteiger partial charge >= 0.3 is 0 Å². The zero-order valence-electron chi connectivity index (χ0n) is 10.1. The lowest BCUT2D eigenvalue weighted by Crippen LogP contribution is -2.11. The Labute approximate surface area is 108 Å². The van der Waals surface area contributed by atoms with E-state index in [4.69, 9.17) is 7.10 Å². The van der Waals surface area contributed by atoms with Crippen LogP contribution in [-0.2, 0) is 0 Å². The highest BCUT2D eigenvalue weighted by Gasteiger charge is 2.07. The van der Waals surface area contributed by atoms with E-state index in [-0.39, 0.29) is 17.7 Å². The normalized spacial score (nSPS) is 11.2. The molecule has 17 heavy (non-hydrogen) atoms. The van der Waals surface area contributed by atoms with E-state index >= 15 is 0 Å². The average Bonchev–Trinajstić information content (AvgIpc) is 2.34. The number of aromatic amines is 1. The summed E-state index contributed by atoms with van der Waals surface area (Å²) >= 11 is 2.90. The maximum absolute atomic E-state index is 11.7. The summed E-state index contributed by atoms with van der Waals surface area (Å²) in [7, 11) is 0. The molecular formula is C11H11N3OS2. The van der Waals surface area contributed by atoms with E-state index in [1.807, 2.05) is 30.5 Å². The molecule has 3 N–H and O–H groups in total. The Morgan fingerprint density at radius 2 is 2.00 bits per heavy atom. The standard InChI is InChI=1S/C11H11N3OS2/c1-16-7-2-4-8(5-3-7)17-9-10(12)13-6-14-11(9)15/h2-6H,1H3,(H3,12,13,14,15)/i6D. The SMILES string of the molecule is [2H]c1nc(N)c(Sc2ccc(SC)cc2)c(=O)[nH]1. The fourth-order valence-electron chi connectivity index (χ4n) is 1.22. The fourth-order valence-corrected chi connectivity index (χ4v) is 2.43. The average molecular weight is 266 g/mol. The maximum atomic E-state index is 11.7. The van der Waals surface area contributed by atoms with Gasteiger partial charge in [-0.1, -0.05) is 11.8 Å². The number of thioether (sulfide) groups is 1. The van der Waals surface area contributed by atoms with Crippen LogP contribution in [0.5, 0.6) is 0 Å². The largest absolute Gasteiger partial charge is 0.383 e. The van der Waals surface area contributed by atoms with Crippen LogP contribution in [0.25, 0.3) is 0 Å². The summed E-state index contributed by atoms with van der Waals surface area (Å²) in [5, 5.41) is 0. The molecule has 0 saturated carbocycles. The molecule has 0 aliphatic carbocycles. The van der Waals surface area contributed by atoms with Gasteiger partial charge in [-0.3, -0.25) is 4.79 Å². The summed E-state index contributed by atoms with van der Waals surface area (Å²) in [6, 6.07) is 7.79. The second-order valence-corrected chi connectivity index (χ2v) is 5.13. The molecule has 88 valence electrons. The van der Waals surface area contributed by atoms with Gasteiger partial charge in [-0.05, 0) is 30.5 Å². The first-order chi connectivity index (χ1) is 8.60. The minimum absolute atomic E-state index is 0.0858. The molecular weight excluding hydrogens is 254 g/mol. The second kappa shape index (κ2) is 5.29. The van der Waals surface area contributed by atoms with Crippen LogP contribution in [-0.4, -0.2) is 16.2 Å². The van der Waals surface area contributed by atoms with Crippen molar-refractivity contribution in [3.63, 3.8) is 0 Å². The number of anilines is 1. The van der Waals surface area contributed by atoms with Gasteiger partial charge < -0.3 is 10.7 Å². The molecule has 1 aromatic heterocycles. The van der Waals surface area contributed by atoms with E-state index in [9.17, 15) is 4.79 Å². The highest BCUT2D eigenvalue weighted by molar-refractivity contribution is 7.99.